The zero-order chi connectivity index (χ0) is 26.9. The smallest absolute Gasteiger partial charge is 0.303 e. The number of ether oxygens (including phenoxy) is 5. The van der Waals surface area contributed by atoms with E-state index in [0.717, 1.165) is 19.3 Å². The fraction of sp³-hybridized carbons (Fsp3) is 0.846. The maximum Gasteiger partial charge on any atom is 0.303 e. The average Bonchev–Trinajstić information content (AvgIpc) is 2.78. The van der Waals surface area contributed by atoms with Crippen molar-refractivity contribution in [2.24, 2.45) is 0 Å². The van der Waals surface area contributed by atoms with Crippen LogP contribution in [0.5, 0.6) is 0 Å². The second-order valence-corrected chi connectivity index (χ2v) is 9.27. The van der Waals surface area contributed by atoms with E-state index in [1.165, 1.54) is 72.6 Å². The summed E-state index contributed by atoms with van der Waals surface area (Å²) in [6.07, 6.45) is 7.60. The van der Waals surface area contributed by atoms with E-state index in [2.05, 4.69) is 12.2 Å². The Hall–Kier alpha value is -2.20. The van der Waals surface area contributed by atoms with Crippen LogP contribution in [0.25, 0.3) is 0 Å². The number of nitrogens with one attached hydrogen (secondary N) is 1. The number of amides is 1. The molecule has 1 aliphatic heterocycles. The Kier molecular flexibility index (Phi) is 16.0. The van der Waals surface area contributed by atoms with E-state index >= 15 is 0 Å². The van der Waals surface area contributed by atoms with Gasteiger partial charge in [0.05, 0.1) is 0 Å². The summed E-state index contributed by atoms with van der Waals surface area (Å²) in [7, 11) is 0. The Labute approximate surface area is 215 Å². The van der Waals surface area contributed by atoms with Crippen LogP contribution in [0.2, 0.25) is 0 Å². The van der Waals surface area contributed by atoms with Gasteiger partial charge in [0, 0.05) is 34.3 Å². The summed E-state index contributed by atoms with van der Waals surface area (Å²) in [4.78, 5) is 47.0. The molecule has 5 atom stereocenters. The van der Waals surface area contributed by atoms with Crippen LogP contribution >= 0.6 is 0 Å². The second kappa shape index (κ2) is 18.1. The van der Waals surface area contributed by atoms with Gasteiger partial charge in [-0.2, -0.15) is 0 Å². The molecule has 0 aromatic rings. The van der Waals surface area contributed by atoms with Crippen molar-refractivity contribution in [3.05, 3.63) is 0 Å². The molecule has 0 aromatic carbocycles. The predicted octanol–water partition coefficient (Wildman–Crippen LogP) is 3.58. The molecule has 1 fully saturated rings. The third-order valence-corrected chi connectivity index (χ3v) is 5.85. The molecular weight excluding hydrogens is 470 g/mol. The van der Waals surface area contributed by atoms with Gasteiger partial charge < -0.3 is 29.0 Å². The average molecular weight is 516 g/mol. The summed E-state index contributed by atoms with van der Waals surface area (Å²) < 4.78 is 27.9. The minimum absolute atomic E-state index is 0.240. The van der Waals surface area contributed by atoms with Gasteiger partial charge in [-0.05, 0) is 6.42 Å². The predicted molar refractivity (Wildman–Crippen MR) is 132 cm³/mol. The van der Waals surface area contributed by atoms with E-state index in [9.17, 15) is 19.2 Å². The van der Waals surface area contributed by atoms with Crippen molar-refractivity contribution in [3.63, 3.8) is 0 Å². The Balaban J connectivity index is 2.77. The van der Waals surface area contributed by atoms with Gasteiger partial charge in [-0.15, -0.1) is 0 Å². The largest absolute Gasteiger partial charge is 0.463 e. The van der Waals surface area contributed by atoms with E-state index in [0.29, 0.717) is 6.61 Å². The third kappa shape index (κ3) is 13.2. The highest BCUT2D eigenvalue weighted by Gasteiger charge is 2.51. The third-order valence-electron chi connectivity index (χ3n) is 5.85. The Morgan fingerprint density at radius 3 is 1.75 bits per heavy atom. The molecule has 0 saturated carbocycles. The zero-order valence-electron chi connectivity index (χ0n) is 22.5. The number of unbranched alkanes of at least 4 members (excludes halogenated alkanes) is 9. The fourth-order valence-corrected chi connectivity index (χ4v) is 4.22. The van der Waals surface area contributed by atoms with Crippen LogP contribution in [0.3, 0.4) is 0 Å². The van der Waals surface area contributed by atoms with Gasteiger partial charge in [-0.3, -0.25) is 19.2 Å². The maximum absolute atomic E-state index is 11.9. The van der Waals surface area contributed by atoms with Crippen molar-refractivity contribution in [3.8, 4) is 0 Å². The van der Waals surface area contributed by atoms with Crippen LogP contribution in [0, 0.1) is 0 Å². The van der Waals surface area contributed by atoms with Gasteiger partial charge in [0.1, 0.15) is 18.8 Å². The van der Waals surface area contributed by atoms with Gasteiger partial charge in [0.15, 0.2) is 18.5 Å². The standard InChI is InChI=1S/C26H45NO9/c1-6-7-8-9-10-11-12-13-14-15-16-32-26-23(27-18(2)28)25(35-21(5)31)24(34-20(4)30)22(36-26)17-33-19(3)29/h22-26H,6-17H2,1-5H3,(H,27,28)/t22-,23+,24+,25-,26-/m1/s1. The number of rotatable bonds is 17. The first-order chi connectivity index (χ1) is 17.1. The molecule has 1 heterocycles. The summed E-state index contributed by atoms with van der Waals surface area (Å²) >= 11 is 0. The first-order valence-electron chi connectivity index (χ1n) is 13.2. The lowest BCUT2D eigenvalue weighted by molar-refractivity contribution is -0.277. The molecule has 10 nitrogen and oxygen atoms in total. The topological polar surface area (TPSA) is 126 Å². The number of carbonyl (C=O) groups is 4. The van der Waals surface area contributed by atoms with Crippen LogP contribution < -0.4 is 5.32 Å². The van der Waals surface area contributed by atoms with E-state index in [1.54, 1.807) is 0 Å². The minimum atomic E-state index is -1.11. The lowest BCUT2D eigenvalue weighted by Crippen LogP contribution is -2.66. The summed E-state index contributed by atoms with van der Waals surface area (Å²) in [5.74, 6) is -2.21. The second-order valence-electron chi connectivity index (χ2n) is 9.27. The molecule has 1 rings (SSSR count). The number of hydrogen-bond acceptors (Lipinski definition) is 9. The van der Waals surface area contributed by atoms with Gasteiger partial charge in [0.2, 0.25) is 5.91 Å². The summed E-state index contributed by atoms with van der Waals surface area (Å²) in [6.45, 7) is 7.31. The van der Waals surface area contributed by atoms with Crippen LogP contribution in [-0.4, -0.2) is 67.7 Å². The summed E-state index contributed by atoms with van der Waals surface area (Å²) in [5.41, 5.74) is 0. The Morgan fingerprint density at radius 2 is 1.25 bits per heavy atom. The van der Waals surface area contributed by atoms with Crippen molar-refractivity contribution >= 4 is 23.8 Å². The van der Waals surface area contributed by atoms with Gasteiger partial charge >= 0.3 is 17.9 Å². The van der Waals surface area contributed by atoms with Crippen molar-refractivity contribution in [2.75, 3.05) is 13.2 Å². The highest BCUT2D eigenvalue weighted by molar-refractivity contribution is 5.73. The highest BCUT2D eigenvalue weighted by Crippen LogP contribution is 2.28. The maximum atomic E-state index is 11.9. The molecule has 0 bridgehead atoms. The van der Waals surface area contributed by atoms with Crippen LogP contribution in [-0.2, 0) is 42.9 Å². The molecule has 10 heteroatoms. The molecule has 0 spiro atoms. The van der Waals surface area contributed by atoms with Crippen LogP contribution in [0.1, 0.15) is 98.8 Å². The molecule has 1 aliphatic rings. The number of hydrogen-bond donors (Lipinski definition) is 1. The lowest BCUT2D eigenvalue weighted by atomic mass is 9.96. The van der Waals surface area contributed by atoms with E-state index in [4.69, 9.17) is 23.7 Å². The van der Waals surface area contributed by atoms with Crippen molar-refractivity contribution in [1.29, 1.82) is 0 Å². The normalized spacial score (nSPS) is 23.5. The van der Waals surface area contributed by atoms with Gasteiger partial charge in [0.25, 0.3) is 0 Å². The molecule has 36 heavy (non-hydrogen) atoms. The number of carbonyl (C=O) groups excluding carboxylic acids is 4. The first kappa shape index (κ1) is 31.8. The monoisotopic (exact) mass is 515 g/mol. The first-order valence-corrected chi connectivity index (χ1v) is 13.2. The molecule has 0 radical (unpaired) electrons. The van der Waals surface area contributed by atoms with Crippen molar-refractivity contribution < 1.29 is 42.9 Å². The molecular formula is C26H45NO9. The molecule has 1 amide bonds. The van der Waals surface area contributed by atoms with Crippen molar-refractivity contribution in [1.82, 2.24) is 5.32 Å². The van der Waals surface area contributed by atoms with E-state index in [-0.39, 0.29) is 6.61 Å². The molecule has 1 saturated heterocycles. The number of esters is 3. The summed E-state index contributed by atoms with van der Waals surface area (Å²) in [6, 6.07) is -0.924. The molecule has 0 aromatic heterocycles. The van der Waals surface area contributed by atoms with Crippen LogP contribution in [0.15, 0.2) is 0 Å². The zero-order valence-corrected chi connectivity index (χ0v) is 22.5. The molecule has 0 unspecified atom stereocenters. The minimum Gasteiger partial charge on any atom is -0.463 e. The van der Waals surface area contributed by atoms with Crippen LogP contribution in [0.4, 0.5) is 0 Å². The molecule has 0 aliphatic carbocycles. The Bertz CT molecular complexity index is 684. The van der Waals surface area contributed by atoms with E-state index < -0.39 is 54.5 Å². The van der Waals surface area contributed by atoms with Gasteiger partial charge in [-0.1, -0.05) is 64.7 Å². The lowest BCUT2D eigenvalue weighted by Gasteiger charge is -2.44. The van der Waals surface area contributed by atoms with Gasteiger partial charge in [-0.25, -0.2) is 0 Å². The molecule has 208 valence electrons. The summed E-state index contributed by atoms with van der Waals surface area (Å²) in [5, 5.41) is 2.70. The SMILES string of the molecule is CCCCCCCCCCCCO[C@@H]1O[C@H](COC(C)=O)[C@H](OC(C)=O)[C@H](OC(C)=O)[C@@H]1NC(C)=O. The van der Waals surface area contributed by atoms with Crippen molar-refractivity contribution in [2.45, 2.75) is 129 Å². The quantitative estimate of drug-likeness (QED) is 0.176. The molecule has 1 N–H and O–H groups in total. The highest BCUT2D eigenvalue weighted by atomic mass is 16.7. The van der Waals surface area contributed by atoms with E-state index in [1.807, 2.05) is 0 Å². The fourth-order valence-electron chi connectivity index (χ4n) is 4.22. The Morgan fingerprint density at radius 1 is 0.722 bits per heavy atom.